The van der Waals surface area contributed by atoms with E-state index >= 15 is 0 Å². The number of rotatable bonds is 43. The van der Waals surface area contributed by atoms with E-state index < -0.39 is 75.7 Å². The van der Waals surface area contributed by atoms with Gasteiger partial charge in [0.2, 0.25) is 5.91 Å². The van der Waals surface area contributed by atoms with E-state index in [4.69, 9.17) is 19.7 Å². The number of anilines is 2. The molecule has 10 aromatic rings. The summed E-state index contributed by atoms with van der Waals surface area (Å²) in [5.74, 6) is -2.77. The van der Waals surface area contributed by atoms with E-state index in [1.807, 2.05) is 0 Å². The average molecular weight is 1890 g/mol. The molecular formula is C79H96EuN14O31-5. The SMILES string of the molecule is C.C=C.CC(CN(Cc1cc2cc(C(=O)c3ccc(N)cc3)c(=O)oc2c(CN(CC(C)OO)CC(C)OO)c1O)CC(C)OO)OO.Cn1c(=O)c2[nH]c(CC(=O)O)nc2n(C)c1=O.Cn1c(=O)c2[nH]c(CCCC(=O)Nc3ccc(C(=O)c4cc5cc(CN(C[CH-]O[O-])C[CH-]O[O-])c(O)c(CN(C[CH-]O[O-])C[CH-]O[O-])c5oc4=O)cc3)nc2n(C)c1=O.[Eu+3]. The molecule has 4 unspecified atom stereocenters. The Hall–Kier alpha value is -10.2. The van der Waals surface area contributed by atoms with Gasteiger partial charge in [-0.3, -0.25) is 77.9 Å². The number of fused-ring (bicyclic) bond motifs is 4. The number of phenolic OH excluding ortho intramolecular Hbond substituents is 2. The number of H-pyrrole nitrogens is 2. The largest absolute Gasteiger partial charge is 3.00 e. The third kappa shape index (κ3) is 28.4. The molecule has 12 N–H and O–H groups in total. The first-order valence-corrected chi connectivity index (χ1v) is 37.2. The molecule has 125 heavy (non-hydrogen) atoms. The number of aryl methyl sites for hydroxylation is 3. The van der Waals surface area contributed by atoms with Crippen LogP contribution in [0.15, 0.2) is 124 Å². The molecule has 0 fully saturated rings. The summed E-state index contributed by atoms with van der Waals surface area (Å²) in [5, 5.41) is 114. The van der Waals surface area contributed by atoms with Crippen LogP contribution in [0.4, 0.5) is 11.4 Å². The predicted molar refractivity (Wildman–Crippen MR) is 432 cm³/mol. The maximum atomic E-state index is 13.7. The minimum atomic E-state index is -1.06. The standard InChI is InChI=1S/C37H41N7O15.C30H41N3O12.C9H10N4O4.C2H4.CH4.Eu/c1-41-34-30(35(48)42(2)37(41)50)39-28(40-34)4-3-5-29(45)38-25-8-6-22(7-9-25)31(46)26-19-23-18-24(20-43(10-14-55-51)11-15-56-52)32(47)27(33(23)59-36(26)49)21-44(12-16-57-53)13-17-58-54;1-17(42-37)11-32(12-18(2)43-38)15-23-9-22-10-25(27(34)21-5-7-24(31)8-6-21)30(36)41-29(22)26(28(23)35)16-33(13-19(3)44-39)14-20(4)45-40;1-12-7-6(8(16)13(2)9(12)17)10-4(11-7)3-5(14)15;1-2;;/h6-9,14-19,47,51-54H,3-5,10-13,20-21H2,1-2H3,(H,38,45)(H,39,40);5-10,17-20,35,37-40H,11-16,31H2,1-4H3;3H2,1-2H3,(H,10,11)(H,14,15);1-2H2;1H4;/q-4;;;;;+3/p-4. The normalized spacial score (nSPS) is 12.3. The van der Waals surface area contributed by atoms with Gasteiger partial charge in [-0.1, -0.05) is 7.43 Å². The van der Waals surface area contributed by atoms with Crippen molar-refractivity contribution < 1.29 is 174 Å². The molecule has 4 atom stereocenters. The van der Waals surface area contributed by atoms with Gasteiger partial charge in [-0.15, -0.1) is 39.3 Å². The van der Waals surface area contributed by atoms with Crippen molar-refractivity contribution >= 4 is 79.1 Å². The molecule has 0 bridgehead atoms. The van der Waals surface area contributed by atoms with Crippen molar-refractivity contribution in [2.45, 2.75) is 111 Å². The number of aliphatic carboxylic acids is 1. The summed E-state index contributed by atoms with van der Waals surface area (Å²) in [6, 6.07) is 17.5. The third-order valence-corrected chi connectivity index (χ3v) is 18.8. The number of aromatic hydroxyl groups is 2. The summed E-state index contributed by atoms with van der Waals surface area (Å²) in [6.45, 7) is 15.6. The van der Waals surface area contributed by atoms with Gasteiger partial charge in [0.1, 0.15) is 87.3 Å². The Morgan fingerprint density at radius 1 is 0.544 bits per heavy atom. The van der Waals surface area contributed by atoms with Gasteiger partial charge in [-0.2, -0.15) is 0 Å². The molecule has 0 saturated carbocycles. The van der Waals surface area contributed by atoms with Crippen LogP contribution in [0.2, 0.25) is 0 Å². The summed E-state index contributed by atoms with van der Waals surface area (Å²) < 4.78 is 15.7. The van der Waals surface area contributed by atoms with E-state index in [0.717, 1.165) is 35.6 Å². The van der Waals surface area contributed by atoms with Gasteiger partial charge in [0.05, 0.1) is 11.1 Å². The van der Waals surface area contributed by atoms with Crippen LogP contribution in [0.25, 0.3) is 44.3 Å². The van der Waals surface area contributed by atoms with E-state index in [-0.39, 0.29) is 249 Å². The van der Waals surface area contributed by atoms with Crippen LogP contribution >= 0.6 is 0 Å². The zero-order chi connectivity index (χ0) is 90.6. The number of phenols is 2. The molecule has 0 aliphatic heterocycles. The van der Waals surface area contributed by atoms with Crippen LogP contribution in [0.1, 0.15) is 114 Å². The molecule has 0 spiro atoms. The summed E-state index contributed by atoms with van der Waals surface area (Å²) in [6.07, 6.45) is -2.23. The van der Waals surface area contributed by atoms with Crippen LogP contribution in [0.3, 0.4) is 0 Å². The Balaban J connectivity index is 0.000000369. The number of carbonyl (C=O) groups excluding carboxylic acids is 3. The topological polar surface area (TPSA) is 633 Å². The number of amides is 1. The van der Waals surface area contributed by atoms with Crippen molar-refractivity contribution in [3.05, 3.63) is 231 Å². The molecule has 6 heterocycles. The summed E-state index contributed by atoms with van der Waals surface area (Å²) in [4.78, 5) is 178. The second-order valence-corrected chi connectivity index (χ2v) is 28.0. The summed E-state index contributed by atoms with van der Waals surface area (Å²) in [7, 11) is 5.68. The molecule has 4 aromatic carbocycles. The summed E-state index contributed by atoms with van der Waals surface area (Å²) >= 11 is 0. The first-order chi connectivity index (χ1) is 58.7. The molecule has 6 aromatic heterocycles. The number of benzene rings is 4. The monoisotopic (exact) mass is 1890 g/mol. The Morgan fingerprint density at radius 2 is 0.896 bits per heavy atom. The molecule has 0 aliphatic carbocycles. The number of hydrogen-bond acceptors (Lipinski definition) is 37. The van der Waals surface area contributed by atoms with Gasteiger partial charge in [0.15, 0.2) is 22.9 Å². The zero-order valence-electron chi connectivity index (χ0n) is 68.1. The number of nitrogens with two attached hydrogens (primary N) is 1. The molecule has 0 aliphatic rings. The number of carboxylic acids is 1. The molecule has 45 nitrogen and oxygen atoms in total. The Kier molecular flexibility index (Phi) is 42.8. The van der Waals surface area contributed by atoms with Crippen LogP contribution in [0.5, 0.6) is 11.5 Å². The van der Waals surface area contributed by atoms with Gasteiger partial charge in [-0.05, 0) is 107 Å². The summed E-state index contributed by atoms with van der Waals surface area (Å²) in [5.41, 5.74) is 3.48. The third-order valence-electron chi connectivity index (χ3n) is 18.8. The number of nitrogens with one attached hydrogen (secondary N) is 3. The second-order valence-electron chi connectivity index (χ2n) is 28.0. The molecule has 1 amide bonds. The van der Waals surface area contributed by atoms with Crippen LogP contribution in [-0.4, -0.2) is 194 Å². The number of carbonyl (C=O) groups is 4. The van der Waals surface area contributed by atoms with E-state index in [2.05, 4.69) is 77.5 Å². The van der Waals surface area contributed by atoms with Crippen molar-refractivity contribution in [1.82, 2.24) is 57.8 Å². The molecule has 46 heteroatoms. The fraction of sp³-hybridized carbons (Fsp3) is 0.367. The predicted octanol–water partition coefficient (Wildman–Crippen LogP) is 0.837. The number of hydrogen-bond donors (Lipinski definition) is 11. The maximum absolute atomic E-state index is 13.7. The van der Waals surface area contributed by atoms with Crippen molar-refractivity contribution in [1.29, 1.82) is 0 Å². The molecule has 0 saturated heterocycles. The van der Waals surface area contributed by atoms with Gasteiger partial charge < -0.3 is 95.6 Å². The number of nitrogens with zero attached hydrogens (tertiary/aromatic N) is 10. The number of imidazole rings is 2. The fourth-order valence-corrected chi connectivity index (χ4v) is 12.9. The maximum Gasteiger partial charge on any atom is 3.00 e. The minimum Gasteiger partial charge on any atom is -0.759 e. The Bertz CT molecular complexity index is 5610. The van der Waals surface area contributed by atoms with Crippen LogP contribution in [-0.2, 0) is 116 Å². The van der Waals surface area contributed by atoms with Crippen molar-refractivity contribution in [2.75, 3.05) is 63.4 Å². The molecule has 0 radical (unpaired) electrons. The number of ketones is 2. The van der Waals surface area contributed by atoms with Crippen molar-refractivity contribution in [2.24, 2.45) is 28.2 Å². The molecular weight excluding hydrogens is 1790 g/mol. The number of aromatic amines is 2. The van der Waals surface area contributed by atoms with Gasteiger partial charge >= 0.3 is 78.0 Å². The van der Waals surface area contributed by atoms with E-state index in [1.165, 1.54) is 114 Å². The number of nitrogen functional groups attached to an aromatic ring is 1. The first kappa shape index (κ1) is 105. The minimum absolute atomic E-state index is 0. The average Bonchev–Trinajstić information content (AvgIpc) is 1.62. The Morgan fingerprint density at radius 3 is 1.28 bits per heavy atom. The van der Waals surface area contributed by atoms with Crippen molar-refractivity contribution in [3.63, 3.8) is 0 Å². The number of carboxylic acid groups (broad SMARTS) is 1. The molecule has 680 valence electrons. The van der Waals surface area contributed by atoms with Gasteiger partial charge in [0.25, 0.3) is 11.1 Å². The smallest absolute Gasteiger partial charge is 0.759 e. The zero-order valence-corrected chi connectivity index (χ0v) is 70.6. The van der Waals surface area contributed by atoms with E-state index in [9.17, 15) is 100 Å². The van der Waals surface area contributed by atoms with E-state index in [1.54, 1.807) is 43.6 Å². The van der Waals surface area contributed by atoms with Gasteiger partial charge in [0, 0.05) is 138 Å². The van der Waals surface area contributed by atoms with Gasteiger partial charge in [-0.25, -0.2) is 75.1 Å². The first-order valence-electron chi connectivity index (χ1n) is 37.2. The van der Waals surface area contributed by atoms with Crippen LogP contribution in [0, 0.1) is 75.8 Å². The van der Waals surface area contributed by atoms with Crippen molar-refractivity contribution in [3.8, 4) is 11.5 Å². The second kappa shape index (κ2) is 50.8. The van der Waals surface area contributed by atoms with Crippen LogP contribution < -0.4 is 65.8 Å². The Labute approximate surface area is 751 Å². The molecule has 10 rings (SSSR count). The fourth-order valence-electron chi connectivity index (χ4n) is 12.9. The number of aromatic nitrogens is 8. The quantitative estimate of drug-likeness (QED) is 0.00480. The van der Waals surface area contributed by atoms with E-state index in [0.29, 0.717) is 41.0 Å².